The molecule has 1 aromatic heterocycles. The standard InChI is InChI=1S/C21H25NO7/c1-6-27-21(25)20-13(3)19(14(4)22-20)15(23)10-29-18(24)11-28-16-8-7-12(2)9-17(16)26-5/h7-9,22H,6,10-11H2,1-5H3. The Morgan fingerprint density at radius 2 is 1.72 bits per heavy atom. The molecule has 156 valence electrons. The largest absolute Gasteiger partial charge is 0.493 e. The Balaban J connectivity index is 1.96. The minimum Gasteiger partial charge on any atom is -0.493 e. The zero-order valence-electron chi connectivity index (χ0n) is 17.2. The smallest absolute Gasteiger partial charge is 0.355 e. The van der Waals surface area contributed by atoms with Gasteiger partial charge in [-0.15, -0.1) is 0 Å². The predicted molar refractivity (Wildman–Crippen MR) is 105 cm³/mol. The van der Waals surface area contributed by atoms with Gasteiger partial charge in [0.05, 0.1) is 13.7 Å². The van der Waals surface area contributed by atoms with Crippen molar-refractivity contribution in [3.63, 3.8) is 0 Å². The lowest BCUT2D eigenvalue weighted by atomic mass is 10.1. The van der Waals surface area contributed by atoms with Gasteiger partial charge in [-0.3, -0.25) is 4.79 Å². The third-order valence-corrected chi connectivity index (χ3v) is 4.22. The molecule has 2 rings (SSSR count). The van der Waals surface area contributed by atoms with E-state index in [9.17, 15) is 14.4 Å². The van der Waals surface area contributed by atoms with E-state index in [1.54, 1.807) is 32.9 Å². The molecule has 0 aliphatic rings. The number of Topliss-reactive ketones (excluding diaryl/α,β-unsaturated/α-hetero) is 1. The second-order valence-electron chi connectivity index (χ2n) is 6.37. The van der Waals surface area contributed by atoms with Gasteiger partial charge in [0.15, 0.2) is 24.7 Å². The first kappa shape index (κ1) is 22.0. The van der Waals surface area contributed by atoms with Gasteiger partial charge in [-0.05, 0) is 51.0 Å². The molecule has 1 aromatic carbocycles. The van der Waals surface area contributed by atoms with Crippen molar-refractivity contribution in [2.75, 3.05) is 26.9 Å². The van der Waals surface area contributed by atoms with Crippen molar-refractivity contribution in [2.45, 2.75) is 27.7 Å². The van der Waals surface area contributed by atoms with E-state index in [0.717, 1.165) is 5.56 Å². The van der Waals surface area contributed by atoms with Gasteiger partial charge in [-0.2, -0.15) is 0 Å². The molecule has 0 atom stereocenters. The van der Waals surface area contributed by atoms with Crippen LogP contribution < -0.4 is 9.47 Å². The molecule has 1 heterocycles. The lowest BCUT2D eigenvalue weighted by molar-refractivity contribution is -0.144. The Morgan fingerprint density at radius 3 is 2.38 bits per heavy atom. The number of ether oxygens (including phenoxy) is 4. The number of H-pyrrole nitrogens is 1. The van der Waals surface area contributed by atoms with Crippen LogP contribution in [-0.2, 0) is 14.3 Å². The van der Waals surface area contributed by atoms with Crippen molar-refractivity contribution < 1.29 is 33.3 Å². The summed E-state index contributed by atoms with van der Waals surface area (Å²) in [6.45, 7) is 6.30. The zero-order chi connectivity index (χ0) is 21.6. The molecule has 29 heavy (non-hydrogen) atoms. The maximum atomic E-state index is 12.5. The van der Waals surface area contributed by atoms with Crippen LogP contribution in [0.5, 0.6) is 11.5 Å². The first-order chi connectivity index (χ1) is 13.8. The van der Waals surface area contributed by atoms with E-state index < -0.39 is 24.3 Å². The molecule has 8 heteroatoms. The Kier molecular flexibility index (Phi) is 7.41. The average Bonchev–Trinajstić information content (AvgIpc) is 2.99. The van der Waals surface area contributed by atoms with E-state index in [2.05, 4.69) is 4.98 Å². The van der Waals surface area contributed by atoms with Crippen LogP contribution in [0.1, 0.15) is 44.6 Å². The molecule has 0 radical (unpaired) electrons. The van der Waals surface area contributed by atoms with Crippen LogP contribution in [0, 0.1) is 20.8 Å². The van der Waals surface area contributed by atoms with E-state index in [-0.39, 0.29) is 18.9 Å². The molecule has 0 saturated heterocycles. The van der Waals surface area contributed by atoms with E-state index in [1.807, 2.05) is 13.0 Å². The van der Waals surface area contributed by atoms with Gasteiger partial charge in [-0.1, -0.05) is 6.07 Å². The van der Waals surface area contributed by atoms with E-state index in [0.29, 0.717) is 28.3 Å². The summed E-state index contributed by atoms with van der Waals surface area (Å²) in [5.41, 5.74) is 2.48. The fourth-order valence-electron chi connectivity index (χ4n) is 2.87. The summed E-state index contributed by atoms with van der Waals surface area (Å²) in [6, 6.07) is 5.30. The fraction of sp³-hybridized carbons (Fsp3) is 0.381. The van der Waals surface area contributed by atoms with Crippen molar-refractivity contribution in [2.24, 2.45) is 0 Å². The Hall–Kier alpha value is -3.29. The molecule has 0 fully saturated rings. The fourth-order valence-corrected chi connectivity index (χ4v) is 2.87. The number of esters is 2. The molecule has 1 N–H and O–H groups in total. The van der Waals surface area contributed by atoms with E-state index in [1.165, 1.54) is 7.11 Å². The average molecular weight is 403 g/mol. The summed E-state index contributed by atoms with van der Waals surface area (Å²) >= 11 is 0. The Labute approximate surface area is 169 Å². The van der Waals surface area contributed by atoms with Crippen molar-refractivity contribution in [1.82, 2.24) is 4.98 Å². The highest BCUT2D eigenvalue weighted by Gasteiger charge is 2.23. The minimum atomic E-state index is -0.697. The van der Waals surface area contributed by atoms with Crippen molar-refractivity contribution >= 4 is 17.7 Å². The SMILES string of the molecule is CCOC(=O)c1[nH]c(C)c(C(=O)COC(=O)COc2ccc(C)cc2OC)c1C. The second kappa shape index (κ2) is 9.77. The number of rotatable bonds is 9. The quantitative estimate of drug-likeness (QED) is 0.507. The molecular formula is C21H25NO7. The molecule has 0 amide bonds. The van der Waals surface area contributed by atoms with Crippen molar-refractivity contribution in [3.05, 3.63) is 46.3 Å². The van der Waals surface area contributed by atoms with E-state index in [4.69, 9.17) is 18.9 Å². The predicted octanol–water partition coefficient (Wildman–Crippen LogP) is 2.93. The monoisotopic (exact) mass is 403 g/mol. The van der Waals surface area contributed by atoms with Gasteiger partial charge in [0.1, 0.15) is 5.69 Å². The summed E-state index contributed by atoms with van der Waals surface area (Å²) < 4.78 is 20.6. The van der Waals surface area contributed by atoms with Gasteiger partial charge >= 0.3 is 11.9 Å². The summed E-state index contributed by atoms with van der Waals surface area (Å²) in [5.74, 6) is -0.758. The maximum Gasteiger partial charge on any atom is 0.355 e. The summed E-state index contributed by atoms with van der Waals surface area (Å²) in [6.07, 6.45) is 0. The maximum absolute atomic E-state index is 12.5. The number of hydrogen-bond acceptors (Lipinski definition) is 7. The number of aromatic nitrogens is 1. The van der Waals surface area contributed by atoms with Gasteiger partial charge in [0.25, 0.3) is 0 Å². The van der Waals surface area contributed by atoms with Crippen LogP contribution in [0.2, 0.25) is 0 Å². The van der Waals surface area contributed by atoms with Crippen molar-refractivity contribution in [1.29, 1.82) is 0 Å². The molecule has 0 bridgehead atoms. The van der Waals surface area contributed by atoms with Gasteiger partial charge in [0, 0.05) is 11.3 Å². The van der Waals surface area contributed by atoms with Gasteiger partial charge in [0.2, 0.25) is 5.78 Å². The van der Waals surface area contributed by atoms with Crippen LogP contribution in [0.3, 0.4) is 0 Å². The Bertz CT molecular complexity index is 914. The normalized spacial score (nSPS) is 10.4. The van der Waals surface area contributed by atoms with Crippen LogP contribution in [-0.4, -0.2) is 49.6 Å². The zero-order valence-corrected chi connectivity index (χ0v) is 17.2. The molecule has 0 spiro atoms. The number of carbonyl (C=O) groups is 3. The minimum absolute atomic E-state index is 0.217. The molecular weight excluding hydrogens is 378 g/mol. The molecule has 0 aliphatic heterocycles. The number of benzene rings is 1. The highest BCUT2D eigenvalue weighted by Crippen LogP contribution is 2.27. The highest BCUT2D eigenvalue weighted by atomic mass is 16.6. The van der Waals surface area contributed by atoms with Crippen LogP contribution >= 0.6 is 0 Å². The van der Waals surface area contributed by atoms with Crippen LogP contribution in [0.4, 0.5) is 0 Å². The summed E-state index contributed by atoms with van der Waals surface area (Å²) in [7, 11) is 1.50. The number of carbonyl (C=O) groups excluding carboxylic acids is 3. The highest BCUT2D eigenvalue weighted by molar-refractivity contribution is 6.03. The lowest BCUT2D eigenvalue weighted by Gasteiger charge is -2.11. The third kappa shape index (κ3) is 5.37. The molecule has 2 aromatic rings. The van der Waals surface area contributed by atoms with Crippen molar-refractivity contribution in [3.8, 4) is 11.5 Å². The first-order valence-electron chi connectivity index (χ1n) is 9.11. The molecule has 0 unspecified atom stereocenters. The summed E-state index contributed by atoms with van der Waals surface area (Å²) in [5, 5.41) is 0. The number of nitrogens with one attached hydrogen (secondary N) is 1. The molecule has 0 aliphatic carbocycles. The number of hydrogen-bond donors (Lipinski definition) is 1. The Morgan fingerprint density at radius 1 is 1.00 bits per heavy atom. The number of aryl methyl sites for hydroxylation is 2. The topological polar surface area (TPSA) is 104 Å². The van der Waals surface area contributed by atoms with Crippen LogP contribution in [0.25, 0.3) is 0 Å². The number of ketones is 1. The van der Waals surface area contributed by atoms with Crippen LogP contribution in [0.15, 0.2) is 18.2 Å². The molecule has 8 nitrogen and oxygen atoms in total. The number of aromatic amines is 1. The number of methoxy groups -OCH3 is 1. The van der Waals surface area contributed by atoms with Gasteiger partial charge < -0.3 is 23.9 Å². The second-order valence-corrected chi connectivity index (χ2v) is 6.37. The molecule has 0 saturated carbocycles. The van der Waals surface area contributed by atoms with E-state index >= 15 is 0 Å². The summed E-state index contributed by atoms with van der Waals surface area (Å²) in [4.78, 5) is 39.2. The first-order valence-corrected chi connectivity index (χ1v) is 9.11. The lowest BCUT2D eigenvalue weighted by Crippen LogP contribution is -2.20. The third-order valence-electron chi connectivity index (χ3n) is 4.22. The van der Waals surface area contributed by atoms with Gasteiger partial charge in [-0.25, -0.2) is 9.59 Å².